The summed E-state index contributed by atoms with van der Waals surface area (Å²) in [7, 11) is 1.57. The predicted molar refractivity (Wildman–Crippen MR) is 103 cm³/mol. The van der Waals surface area contributed by atoms with E-state index in [1.807, 2.05) is 55.5 Å². The van der Waals surface area contributed by atoms with E-state index in [9.17, 15) is 4.79 Å². The number of methoxy groups -OCH3 is 1. The van der Waals surface area contributed by atoms with Gasteiger partial charge >= 0.3 is 0 Å². The molecule has 5 heteroatoms. The molecule has 1 aromatic heterocycles. The number of carbonyl (C=O) groups excluding carboxylic acids is 1. The molecule has 1 amide bonds. The van der Waals surface area contributed by atoms with E-state index in [0.717, 1.165) is 11.3 Å². The highest BCUT2D eigenvalue weighted by molar-refractivity contribution is 5.77. The largest absolute Gasteiger partial charge is 0.493 e. The average Bonchev–Trinajstić information content (AvgIpc) is 3.20. The molecule has 140 valence electrons. The van der Waals surface area contributed by atoms with Crippen molar-refractivity contribution in [1.29, 1.82) is 0 Å². The van der Waals surface area contributed by atoms with Crippen molar-refractivity contribution in [3.63, 3.8) is 0 Å². The van der Waals surface area contributed by atoms with E-state index >= 15 is 0 Å². The Morgan fingerprint density at radius 1 is 0.963 bits per heavy atom. The highest BCUT2D eigenvalue weighted by Gasteiger charge is 2.17. The summed E-state index contributed by atoms with van der Waals surface area (Å²) in [6.07, 6.45) is 1.61. The van der Waals surface area contributed by atoms with Gasteiger partial charge in [-0.3, -0.25) is 4.79 Å². The van der Waals surface area contributed by atoms with Crippen LogP contribution in [0.25, 0.3) is 0 Å². The molecule has 0 N–H and O–H groups in total. The van der Waals surface area contributed by atoms with Crippen molar-refractivity contribution >= 4 is 5.91 Å². The van der Waals surface area contributed by atoms with Gasteiger partial charge in [0, 0.05) is 6.54 Å². The third kappa shape index (κ3) is 5.14. The van der Waals surface area contributed by atoms with Crippen LogP contribution in [0.5, 0.6) is 11.5 Å². The van der Waals surface area contributed by atoms with E-state index in [4.69, 9.17) is 13.9 Å². The number of benzene rings is 2. The smallest absolute Gasteiger partial charge is 0.261 e. The minimum atomic E-state index is -0.127. The van der Waals surface area contributed by atoms with Gasteiger partial charge in [-0.25, -0.2) is 0 Å². The van der Waals surface area contributed by atoms with Gasteiger partial charge in [0.1, 0.15) is 5.76 Å². The lowest BCUT2D eigenvalue weighted by atomic mass is 10.1. The van der Waals surface area contributed by atoms with Gasteiger partial charge in [-0.15, -0.1) is 0 Å². The molecule has 0 radical (unpaired) electrons. The zero-order valence-corrected chi connectivity index (χ0v) is 15.6. The molecule has 0 bridgehead atoms. The maximum Gasteiger partial charge on any atom is 0.261 e. The summed E-state index contributed by atoms with van der Waals surface area (Å²) >= 11 is 0. The Morgan fingerprint density at radius 3 is 2.37 bits per heavy atom. The number of hydrogen-bond acceptors (Lipinski definition) is 4. The van der Waals surface area contributed by atoms with Gasteiger partial charge in [-0.05, 0) is 36.8 Å². The Bertz CT molecular complexity index is 856. The summed E-state index contributed by atoms with van der Waals surface area (Å²) in [6, 6.07) is 19.1. The molecule has 3 rings (SSSR count). The van der Waals surface area contributed by atoms with Crippen molar-refractivity contribution in [2.45, 2.75) is 20.0 Å². The number of para-hydroxylation sites is 2. The molecule has 0 saturated heterocycles. The van der Waals surface area contributed by atoms with E-state index in [1.54, 1.807) is 30.4 Å². The minimum Gasteiger partial charge on any atom is -0.493 e. The number of carbonyl (C=O) groups is 1. The first-order valence-corrected chi connectivity index (χ1v) is 8.77. The molecule has 0 aliphatic rings. The molecule has 1 heterocycles. The Labute approximate surface area is 159 Å². The summed E-state index contributed by atoms with van der Waals surface area (Å²) in [5.41, 5.74) is 2.24. The second-order valence-electron chi connectivity index (χ2n) is 6.25. The topological polar surface area (TPSA) is 51.9 Å². The molecule has 0 aliphatic carbocycles. The molecule has 0 saturated carbocycles. The lowest BCUT2D eigenvalue weighted by molar-refractivity contribution is -0.134. The van der Waals surface area contributed by atoms with E-state index in [1.165, 1.54) is 5.56 Å². The fraction of sp³-hybridized carbons (Fsp3) is 0.227. The first kappa shape index (κ1) is 18.6. The zero-order chi connectivity index (χ0) is 19.1. The third-order valence-electron chi connectivity index (χ3n) is 4.19. The molecule has 27 heavy (non-hydrogen) atoms. The number of furan rings is 1. The van der Waals surface area contributed by atoms with Crippen molar-refractivity contribution in [2.24, 2.45) is 0 Å². The molecule has 2 aromatic carbocycles. The van der Waals surface area contributed by atoms with Crippen LogP contribution in [0.4, 0.5) is 0 Å². The Hall–Kier alpha value is -3.21. The number of nitrogens with zero attached hydrogens (tertiary/aromatic N) is 1. The molecule has 3 aromatic rings. The first-order chi connectivity index (χ1) is 13.2. The molecule has 0 aliphatic heterocycles. The molecule has 5 nitrogen and oxygen atoms in total. The highest BCUT2D eigenvalue weighted by atomic mass is 16.5. The van der Waals surface area contributed by atoms with Crippen molar-refractivity contribution in [2.75, 3.05) is 13.7 Å². The SMILES string of the molecule is COc1ccccc1OCC(=O)N(Cc1ccc(C)cc1)Cc1ccco1. The van der Waals surface area contributed by atoms with Crippen LogP contribution in [0.15, 0.2) is 71.3 Å². The maximum absolute atomic E-state index is 12.8. The van der Waals surface area contributed by atoms with Crippen LogP contribution in [0.1, 0.15) is 16.9 Å². The molecule has 0 spiro atoms. The van der Waals surface area contributed by atoms with Crippen LogP contribution in [0.3, 0.4) is 0 Å². The molecular weight excluding hydrogens is 342 g/mol. The van der Waals surface area contributed by atoms with Gasteiger partial charge in [0.25, 0.3) is 5.91 Å². The van der Waals surface area contributed by atoms with Gasteiger partial charge in [-0.1, -0.05) is 42.0 Å². The van der Waals surface area contributed by atoms with Crippen LogP contribution < -0.4 is 9.47 Å². The van der Waals surface area contributed by atoms with E-state index in [-0.39, 0.29) is 12.5 Å². The van der Waals surface area contributed by atoms with Crippen LogP contribution in [-0.4, -0.2) is 24.5 Å². The Morgan fingerprint density at radius 2 is 1.70 bits per heavy atom. The van der Waals surface area contributed by atoms with Crippen LogP contribution in [-0.2, 0) is 17.9 Å². The monoisotopic (exact) mass is 365 g/mol. The van der Waals surface area contributed by atoms with Crippen LogP contribution in [0.2, 0.25) is 0 Å². The molecule has 0 fully saturated rings. The third-order valence-corrected chi connectivity index (χ3v) is 4.19. The number of hydrogen-bond donors (Lipinski definition) is 0. The van der Waals surface area contributed by atoms with E-state index in [2.05, 4.69) is 0 Å². The van der Waals surface area contributed by atoms with E-state index < -0.39 is 0 Å². The molecule has 0 atom stereocenters. The van der Waals surface area contributed by atoms with Crippen LogP contribution >= 0.6 is 0 Å². The van der Waals surface area contributed by atoms with E-state index in [0.29, 0.717) is 24.6 Å². The van der Waals surface area contributed by atoms with Crippen molar-refractivity contribution in [3.05, 3.63) is 83.8 Å². The fourth-order valence-corrected chi connectivity index (χ4v) is 2.71. The Kier molecular flexibility index (Phi) is 6.15. The van der Waals surface area contributed by atoms with Gasteiger partial charge in [0.2, 0.25) is 0 Å². The van der Waals surface area contributed by atoms with Gasteiger partial charge in [0.15, 0.2) is 18.1 Å². The van der Waals surface area contributed by atoms with Gasteiger partial charge in [0.05, 0.1) is 19.9 Å². The maximum atomic E-state index is 12.8. The van der Waals surface area contributed by atoms with Crippen molar-refractivity contribution in [3.8, 4) is 11.5 Å². The normalized spacial score (nSPS) is 10.4. The molecule has 0 unspecified atom stereocenters. The summed E-state index contributed by atoms with van der Waals surface area (Å²) in [5.74, 6) is 1.74. The molecular formula is C22H23NO4. The number of amides is 1. The summed E-state index contributed by atoms with van der Waals surface area (Å²) in [5, 5.41) is 0. The number of ether oxygens (including phenoxy) is 2. The van der Waals surface area contributed by atoms with Gasteiger partial charge in [-0.2, -0.15) is 0 Å². The van der Waals surface area contributed by atoms with Crippen molar-refractivity contribution < 1.29 is 18.7 Å². The summed E-state index contributed by atoms with van der Waals surface area (Å²) in [4.78, 5) is 14.6. The number of aryl methyl sites for hydroxylation is 1. The zero-order valence-electron chi connectivity index (χ0n) is 15.6. The van der Waals surface area contributed by atoms with Crippen molar-refractivity contribution in [1.82, 2.24) is 4.90 Å². The first-order valence-electron chi connectivity index (χ1n) is 8.77. The lowest BCUT2D eigenvalue weighted by Gasteiger charge is -2.22. The highest BCUT2D eigenvalue weighted by Crippen LogP contribution is 2.25. The average molecular weight is 365 g/mol. The number of rotatable bonds is 8. The fourth-order valence-electron chi connectivity index (χ4n) is 2.71. The Balaban J connectivity index is 1.70. The summed E-state index contributed by atoms with van der Waals surface area (Å²) < 4.78 is 16.4. The van der Waals surface area contributed by atoms with Gasteiger partial charge < -0.3 is 18.8 Å². The quantitative estimate of drug-likeness (QED) is 0.600. The standard InChI is InChI=1S/C22H23NO4/c1-17-9-11-18(12-10-17)14-23(15-19-6-5-13-26-19)22(24)16-27-21-8-4-3-7-20(21)25-2/h3-13H,14-16H2,1-2H3. The minimum absolute atomic E-state index is 0.0764. The second kappa shape index (κ2) is 8.94. The predicted octanol–water partition coefficient (Wildman–Crippen LogP) is 4.20. The lowest BCUT2D eigenvalue weighted by Crippen LogP contribution is -2.34. The van der Waals surface area contributed by atoms with Crippen LogP contribution in [0, 0.1) is 6.92 Å². The second-order valence-corrected chi connectivity index (χ2v) is 6.25. The summed E-state index contributed by atoms with van der Waals surface area (Å²) in [6.45, 7) is 2.83.